The molecule has 0 aliphatic carbocycles. The van der Waals surface area contributed by atoms with E-state index in [1.54, 1.807) is 26.4 Å². The van der Waals surface area contributed by atoms with E-state index in [1.807, 2.05) is 12.1 Å². The molecule has 146 valence electrons. The standard InChI is InChI=1S/C21H26O6/c1-12(5-14-7-18(24-3)19(25-4)9-16(14)22)13(2)6-15-8-20-21(10-17(15)23)27-11-26-20/h7-10,12-13,22-23H,5-6,11H2,1-4H3/t12-,13+/m0/s1. The van der Waals surface area contributed by atoms with E-state index in [2.05, 4.69) is 13.8 Å². The van der Waals surface area contributed by atoms with Gasteiger partial charge in [-0.1, -0.05) is 13.8 Å². The molecule has 0 spiro atoms. The molecule has 2 aromatic rings. The lowest BCUT2D eigenvalue weighted by molar-refractivity contribution is 0.174. The summed E-state index contributed by atoms with van der Waals surface area (Å²) in [7, 11) is 3.12. The van der Waals surface area contributed by atoms with Gasteiger partial charge in [-0.25, -0.2) is 0 Å². The van der Waals surface area contributed by atoms with E-state index in [0.717, 1.165) is 11.1 Å². The van der Waals surface area contributed by atoms with Crippen molar-refractivity contribution in [2.45, 2.75) is 26.7 Å². The van der Waals surface area contributed by atoms with E-state index in [9.17, 15) is 10.2 Å². The van der Waals surface area contributed by atoms with E-state index < -0.39 is 0 Å². The number of hydrogen-bond acceptors (Lipinski definition) is 6. The highest BCUT2D eigenvalue weighted by Gasteiger charge is 2.21. The molecule has 1 aliphatic heterocycles. The molecule has 1 heterocycles. The zero-order valence-electron chi connectivity index (χ0n) is 16.1. The van der Waals surface area contributed by atoms with Crippen LogP contribution < -0.4 is 18.9 Å². The lowest BCUT2D eigenvalue weighted by atomic mass is 9.85. The third kappa shape index (κ3) is 3.99. The van der Waals surface area contributed by atoms with Crippen LogP contribution in [-0.4, -0.2) is 31.2 Å². The van der Waals surface area contributed by atoms with Crippen LogP contribution in [0.4, 0.5) is 0 Å². The van der Waals surface area contributed by atoms with Crippen molar-refractivity contribution in [3.63, 3.8) is 0 Å². The second-order valence-electron chi connectivity index (χ2n) is 7.03. The van der Waals surface area contributed by atoms with Crippen molar-refractivity contribution in [2.75, 3.05) is 21.0 Å². The van der Waals surface area contributed by atoms with Gasteiger partial charge in [0.1, 0.15) is 11.5 Å². The first-order valence-corrected chi connectivity index (χ1v) is 8.98. The molecule has 6 heteroatoms. The fraction of sp³-hybridized carbons (Fsp3) is 0.429. The van der Waals surface area contributed by atoms with E-state index in [1.165, 1.54) is 0 Å². The number of methoxy groups -OCH3 is 2. The zero-order valence-corrected chi connectivity index (χ0v) is 16.1. The zero-order chi connectivity index (χ0) is 19.6. The SMILES string of the molecule is COc1cc(O)c(C[C@H](C)[C@H](C)Cc2cc3c(cc2O)OCO3)cc1OC. The second-order valence-corrected chi connectivity index (χ2v) is 7.03. The van der Waals surface area contributed by atoms with Gasteiger partial charge in [-0.15, -0.1) is 0 Å². The van der Waals surface area contributed by atoms with E-state index >= 15 is 0 Å². The topological polar surface area (TPSA) is 77.4 Å². The first-order valence-electron chi connectivity index (χ1n) is 8.98. The molecule has 2 N–H and O–H groups in total. The summed E-state index contributed by atoms with van der Waals surface area (Å²) in [6.07, 6.45) is 1.37. The highest BCUT2D eigenvalue weighted by Crippen LogP contribution is 2.40. The molecule has 3 rings (SSSR count). The van der Waals surface area contributed by atoms with E-state index in [0.29, 0.717) is 35.8 Å². The van der Waals surface area contributed by atoms with Crippen LogP contribution in [0.15, 0.2) is 24.3 Å². The van der Waals surface area contributed by atoms with Gasteiger partial charge >= 0.3 is 0 Å². The van der Waals surface area contributed by atoms with Gasteiger partial charge in [0.2, 0.25) is 6.79 Å². The van der Waals surface area contributed by atoms with Crippen LogP contribution in [0.3, 0.4) is 0 Å². The van der Waals surface area contributed by atoms with Gasteiger partial charge in [-0.3, -0.25) is 0 Å². The summed E-state index contributed by atoms with van der Waals surface area (Å²) in [4.78, 5) is 0. The summed E-state index contributed by atoms with van der Waals surface area (Å²) in [6.45, 7) is 4.44. The maximum atomic E-state index is 10.3. The molecule has 0 radical (unpaired) electrons. The van der Waals surface area contributed by atoms with Crippen molar-refractivity contribution in [3.05, 3.63) is 35.4 Å². The Bertz CT molecular complexity index is 817. The van der Waals surface area contributed by atoms with Crippen molar-refractivity contribution in [2.24, 2.45) is 11.8 Å². The smallest absolute Gasteiger partial charge is 0.231 e. The van der Waals surface area contributed by atoms with Crippen LogP contribution in [0.5, 0.6) is 34.5 Å². The molecule has 0 unspecified atom stereocenters. The molecule has 27 heavy (non-hydrogen) atoms. The molecule has 0 aromatic heterocycles. The lowest BCUT2D eigenvalue weighted by Gasteiger charge is -2.22. The molecule has 0 saturated carbocycles. The molecular weight excluding hydrogens is 348 g/mol. The number of ether oxygens (including phenoxy) is 4. The number of rotatable bonds is 7. The van der Waals surface area contributed by atoms with Crippen LogP contribution >= 0.6 is 0 Å². The highest BCUT2D eigenvalue weighted by molar-refractivity contribution is 5.52. The number of aromatic hydroxyl groups is 2. The fourth-order valence-corrected chi connectivity index (χ4v) is 3.31. The molecule has 6 nitrogen and oxygen atoms in total. The van der Waals surface area contributed by atoms with Gasteiger partial charge in [0, 0.05) is 12.1 Å². The Hall–Kier alpha value is -2.76. The Labute approximate surface area is 159 Å². The van der Waals surface area contributed by atoms with E-state index in [4.69, 9.17) is 18.9 Å². The number of fused-ring (bicyclic) bond motifs is 1. The summed E-state index contributed by atoms with van der Waals surface area (Å²) < 4.78 is 21.2. The first kappa shape index (κ1) is 19.0. The number of phenolic OH excluding ortho intramolecular Hbond substituents is 2. The minimum atomic E-state index is 0.183. The number of benzene rings is 2. The third-order valence-corrected chi connectivity index (χ3v) is 5.21. The van der Waals surface area contributed by atoms with Crippen molar-refractivity contribution in [1.82, 2.24) is 0 Å². The molecule has 0 fully saturated rings. The Kier molecular flexibility index (Phi) is 5.54. The Balaban J connectivity index is 1.72. The summed E-state index contributed by atoms with van der Waals surface area (Å²) in [5, 5.41) is 20.6. The summed E-state index contributed by atoms with van der Waals surface area (Å²) in [6, 6.07) is 6.84. The Morgan fingerprint density at radius 2 is 1.30 bits per heavy atom. The van der Waals surface area contributed by atoms with Crippen LogP contribution in [0, 0.1) is 11.8 Å². The molecule has 2 atom stereocenters. The molecule has 0 amide bonds. The largest absolute Gasteiger partial charge is 0.508 e. The summed E-state index contributed by atoms with van der Waals surface area (Å²) >= 11 is 0. The van der Waals surface area contributed by atoms with Gasteiger partial charge in [-0.05, 0) is 47.9 Å². The quantitative estimate of drug-likeness (QED) is 0.765. The predicted octanol–water partition coefficient (Wildman–Crippen LogP) is 3.90. The lowest BCUT2D eigenvalue weighted by Crippen LogP contribution is -2.14. The van der Waals surface area contributed by atoms with Crippen molar-refractivity contribution < 1.29 is 29.2 Å². The van der Waals surface area contributed by atoms with Crippen LogP contribution in [0.25, 0.3) is 0 Å². The fourth-order valence-electron chi connectivity index (χ4n) is 3.31. The molecule has 1 aliphatic rings. The van der Waals surface area contributed by atoms with Gasteiger partial charge in [0.25, 0.3) is 0 Å². The highest BCUT2D eigenvalue weighted by atomic mass is 16.7. The monoisotopic (exact) mass is 374 g/mol. The van der Waals surface area contributed by atoms with Gasteiger partial charge < -0.3 is 29.2 Å². The minimum absolute atomic E-state index is 0.183. The third-order valence-electron chi connectivity index (χ3n) is 5.21. The van der Waals surface area contributed by atoms with Crippen molar-refractivity contribution >= 4 is 0 Å². The van der Waals surface area contributed by atoms with Gasteiger partial charge in [0.05, 0.1) is 14.2 Å². The maximum Gasteiger partial charge on any atom is 0.231 e. The first-order chi connectivity index (χ1) is 12.9. The van der Waals surface area contributed by atoms with Gasteiger partial charge in [0.15, 0.2) is 23.0 Å². The Morgan fingerprint density at radius 1 is 0.815 bits per heavy atom. The molecule has 0 saturated heterocycles. The molecule has 2 aromatic carbocycles. The summed E-state index contributed by atoms with van der Waals surface area (Å²) in [5.74, 6) is 3.28. The predicted molar refractivity (Wildman–Crippen MR) is 101 cm³/mol. The molecule has 0 bridgehead atoms. The average Bonchev–Trinajstić information content (AvgIpc) is 3.10. The average molecular weight is 374 g/mol. The molecular formula is C21H26O6. The van der Waals surface area contributed by atoms with Crippen molar-refractivity contribution in [1.29, 1.82) is 0 Å². The van der Waals surface area contributed by atoms with Crippen molar-refractivity contribution in [3.8, 4) is 34.5 Å². The number of phenols is 2. The summed E-state index contributed by atoms with van der Waals surface area (Å²) in [5.41, 5.74) is 1.64. The second kappa shape index (κ2) is 7.86. The normalized spacial score (nSPS) is 14.7. The van der Waals surface area contributed by atoms with E-state index in [-0.39, 0.29) is 30.1 Å². The van der Waals surface area contributed by atoms with Crippen LogP contribution in [0.1, 0.15) is 25.0 Å². The Morgan fingerprint density at radius 3 is 1.89 bits per heavy atom. The van der Waals surface area contributed by atoms with Gasteiger partial charge in [-0.2, -0.15) is 0 Å². The number of hydrogen-bond donors (Lipinski definition) is 2. The van der Waals surface area contributed by atoms with Crippen LogP contribution in [-0.2, 0) is 12.8 Å². The maximum absolute atomic E-state index is 10.3. The van der Waals surface area contributed by atoms with Crippen LogP contribution in [0.2, 0.25) is 0 Å². The minimum Gasteiger partial charge on any atom is -0.508 e.